The number of nitrogens with one attached hydrogen (secondary N) is 1. The van der Waals surface area contributed by atoms with Crippen molar-refractivity contribution in [3.05, 3.63) is 59.2 Å². The molecule has 6 heteroatoms. The molecular formula is C17H14N4OS. The lowest BCUT2D eigenvalue weighted by atomic mass is 10.0. The first-order valence-corrected chi connectivity index (χ1v) is 8.24. The number of carbonyl (C=O) groups excluding carboxylic acids is 1. The Morgan fingerprint density at radius 2 is 2.00 bits per heavy atom. The van der Waals surface area contributed by atoms with E-state index in [1.165, 1.54) is 34.0 Å². The monoisotopic (exact) mass is 322 g/mol. The number of Topliss-reactive ketones (excluding diaryl/α,β-unsaturated/α-hetero) is 1. The van der Waals surface area contributed by atoms with Crippen molar-refractivity contribution in [1.82, 2.24) is 15.2 Å². The third-order valence-corrected chi connectivity index (χ3v) is 4.78. The zero-order valence-electron chi connectivity index (χ0n) is 12.2. The summed E-state index contributed by atoms with van der Waals surface area (Å²) < 4.78 is 0. The standard InChI is InChI=1S/C17H14N4OS/c18-16-19-17(21-20-16)23-9-15(22)12-6-5-11-7-10-3-1-2-4-13(10)14(11)8-12/h1-6,8H,7,9H2,(H3,18,19,20,21). The lowest BCUT2D eigenvalue weighted by Gasteiger charge is -2.04. The fraction of sp³-hybridized carbons (Fsp3) is 0.118. The molecule has 1 aliphatic rings. The molecule has 4 rings (SSSR count). The number of nitrogen functional groups attached to an aromatic ring is 1. The highest BCUT2D eigenvalue weighted by Gasteiger charge is 2.19. The summed E-state index contributed by atoms with van der Waals surface area (Å²) >= 11 is 1.28. The van der Waals surface area contributed by atoms with Gasteiger partial charge >= 0.3 is 0 Å². The van der Waals surface area contributed by atoms with E-state index in [4.69, 9.17) is 5.73 Å². The summed E-state index contributed by atoms with van der Waals surface area (Å²) in [6.07, 6.45) is 0.936. The summed E-state index contributed by atoms with van der Waals surface area (Å²) in [4.78, 5) is 16.4. The van der Waals surface area contributed by atoms with Crippen LogP contribution in [0.5, 0.6) is 0 Å². The van der Waals surface area contributed by atoms with Crippen molar-refractivity contribution < 1.29 is 4.79 Å². The van der Waals surface area contributed by atoms with Crippen LogP contribution in [-0.4, -0.2) is 26.7 Å². The Bertz CT molecular complexity index is 903. The third-order valence-electron chi connectivity index (χ3n) is 3.93. The number of aromatic amines is 1. The summed E-state index contributed by atoms with van der Waals surface area (Å²) in [6, 6.07) is 14.3. The molecule has 0 bridgehead atoms. The number of carbonyl (C=O) groups is 1. The van der Waals surface area contributed by atoms with Crippen molar-refractivity contribution in [2.24, 2.45) is 0 Å². The normalized spacial score (nSPS) is 12.0. The van der Waals surface area contributed by atoms with Crippen LogP contribution >= 0.6 is 11.8 Å². The van der Waals surface area contributed by atoms with Crippen LogP contribution in [0, 0.1) is 0 Å². The highest BCUT2D eigenvalue weighted by Crippen LogP contribution is 2.37. The number of ketones is 1. The van der Waals surface area contributed by atoms with E-state index in [2.05, 4.69) is 39.4 Å². The number of nitrogens with zero attached hydrogens (tertiary/aromatic N) is 2. The molecular weight excluding hydrogens is 308 g/mol. The summed E-state index contributed by atoms with van der Waals surface area (Å²) in [5.41, 5.74) is 11.2. The minimum atomic E-state index is 0.0607. The molecule has 0 radical (unpaired) electrons. The van der Waals surface area contributed by atoms with Crippen molar-refractivity contribution in [3.8, 4) is 11.1 Å². The van der Waals surface area contributed by atoms with Crippen LogP contribution in [0.4, 0.5) is 5.95 Å². The average Bonchev–Trinajstić information content (AvgIpc) is 3.15. The van der Waals surface area contributed by atoms with Gasteiger partial charge in [-0.15, -0.1) is 5.10 Å². The van der Waals surface area contributed by atoms with Gasteiger partial charge in [0.2, 0.25) is 11.1 Å². The number of fused-ring (bicyclic) bond motifs is 3. The van der Waals surface area contributed by atoms with E-state index in [0.717, 1.165) is 12.0 Å². The number of hydrogen-bond donors (Lipinski definition) is 2. The maximum Gasteiger partial charge on any atom is 0.216 e. The van der Waals surface area contributed by atoms with Crippen molar-refractivity contribution in [1.29, 1.82) is 0 Å². The van der Waals surface area contributed by atoms with Crippen LogP contribution in [0.1, 0.15) is 21.5 Å². The highest BCUT2D eigenvalue weighted by molar-refractivity contribution is 7.99. The number of thioether (sulfide) groups is 1. The van der Waals surface area contributed by atoms with Gasteiger partial charge in [0, 0.05) is 5.56 Å². The number of rotatable bonds is 4. The van der Waals surface area contributed by atoms with Crippen LogP contribution in [0.25, 0.3) is 11.1 Å². The Morgan fingerprint density at radius 1 is 1.17 bits per heavy atom. The van der Waals surface area contributed by atoms with Crippen LogP contribution in [0.15, 0.2) is 47.6 Å². The molecule has 23 heavy (non-hydrogen) atoms. The minimum Gasteiger partial charge on any atom is -0.368 e. The van der Waals surface area contributed by atoms with E-state index >= 15 is 0 Å². The molecule has 0 saturated carbocycles. The van der Waals surface area contributed by atoms with Crippen molar-refractivity contribution in [3.63, 3.8) is 0 Å². The van der Waals surface area contributed by atoms with Gasteiger partial charge in [0.1, 0.15) is 0 Å². The Labute approximate surface area is 137 Å². The molecule has 0 unspecified atom stereocenters. The van der Waals surface area contributed by atoms with Crippen LogP contribution in [0.2, 0.25) is 0 Å². The molecule has 3 N–H and O–H groups in total. The Hall–Kier alpha value is -2.60. The summed E-state index contributed by atoms with van der Waals surface area (Å²) in [7, 11) is 0. The minimum absolute atomic E-state index is 0.0607. The highest BCUT2D eigenvalue weighted by atomic mass is 32.2. The topological polar surface area (TPSA) is 84.7 Å². The van der Waals surface area contributed by atoms with Crippen molar-refractivity contribution >= 4 is 23.5 Å². The van der Waals surface area contributed by atoms with Gasteiger partial charge in [0.25, 0.3) is 0 Å². The number of benzene rings is 2. The van der Waals surface area contributed by atoms with Crippen LogP contribution < -0.4 is 5.73 Å². The number of anilines is 1. The quantitative estimate of drug-likeness (QED) is 0.446. The lowest BCUT2D eigenvalue weighted by Crippen LogP contribution is -2.03. The SMILES string of the molecule is Nc1nc(SCC(=O)c2ccc3c(c2)-c2ccccc2C3)n[nH]1. The number of nitrogens with two attached hydrogens (primary N) is 1. The number of aromatic nitrogens is 3. The molecule has 2 aromatic carbocycles. The van der Waals surface area contributed by atoms with E-state index in [9.17, 15) is 4.79 Å². The van der Waals surface area contributed by atoms with E-state index in [0.29, 0.717) is 5.16 Å². The molecule has 0 fully saturated rings. The molecule has 1 heterocycles. The number of hydrogen-bond acceptors (Lipinski definition) is 5. The summed E-state index contributed by atoms with van der Waals surface area (Å²) in [5.74, 6) is 0.609. The van der Waals surface area contributed by atoms with Crippen LogP contribution in [-0.2, 0) is 6.42 Å². The maximum atomic E-state index is 12.4. The van der Waals surface area contributed by atoms with E-state index in [1.54, 1.807) is 0 Å². The molecule has 114 valence electrons. The molecule has 0 aliphatic heterocycles. The van der Waals surface area contributed by atoms with Crippen LogP contribution in [0.3, 0.4) is 0 Å². The Morgan fingerprint density at radius 3 is 2.83 bits per heavy atom. The number of H-pyrrole nitrogens is 1. The first-order valence-electron chi connectivity index (χ1n) is 7.26. The second-order valence-electron chi connectivity index (χ2n) is 5.42. The predicted octanol–water partition coefficient (Wildman–Crippen LogP) is 2.93. The summed E-state index contributed by atoms with van der Waals surface area (Å²) in [6.45, 7) is 0. The van der Waals surface area contributed by atoms with Gasteiger partial charge in [-0.05, 0) is 34.7 Å². The van der Waals surface area contributed by atoms with Crippen molar-refractivity contribution in [2.45, 2.75) is 11.6 Å². The molecule has 1 aliphatic carbocycles. The van der Waals surface area contributed by atoms with Gasteiger partial charge in [0.15, 0.2) is 5.78 Å². The van der Waals surface area contributed by atoms with Gasteiger partial charge in [-0.25, -0.2) is 5.10 Å². The fourth-order valence-electron chi connectivity index (χ4n) is 2.83. The van der Waals surface area contributed by atoms with Gasteiger partial charge in [-0.1, -0.05) is 48.2 Å². The molecule has 0 spiro atoms. The Kier molecular flexibility index (Phi) is 3.38. The van der Waals surface area contributed by atoms with E-state index in [1.807, 2.05) is 18.2 Å². The molecule has 3 aromatic rings. The Balaban J connectivity index is 1.56. The second kappa shape index (κ2) is 5.55. The predicted molar refractivity (Wildman–Crippen MR) is 90.5 cm³/mol. The smallest absolute Gasteiger partial charge is 0.216 e. The van der Waals surface area contributed by atoms with Crippen molar-refractivity contribution in [2.75, 3.05) is 11.5 Å². The molecule has 0 saturated heterocycles. The summed E-state index contributed by atoms with van der Waals surface area (Å²) in [5, 5.41) is 6.97. The van der Waals surface area contributed by atoms with E-state index < -0.39 is 0 Å². The lowest BCUT2D eigenvalue weighted by molar-refractivity contribution is 0.102. The first-order chi connectivity index (χ1) is 11.2. The average molecular weight is 322 g/mol. The largest absolute Gasteiger partial charge is 0.368 e. The second-order valence-corrected chi connectivity index (χ2v) is 6.36. The fourth-order valence-corrected chi connectivity index (χ4v) is 3.53. The maximum absolute atomic E-state index is 12.4. The molecule has 5 nitrogen and oxygen atoms in total. The first kappa shape index (κ1) is 14.0. The molecule has 0 atom stereocenters. The van der Waals surface area contributed by atoms with Gasteiger partial charge < -0.3 is 5.73 Å². The van der Waals surface area contributed by atoms with Gasteiger partial charge in [-0.3, -0.25) is 4.79 Å². The van der Waals surface area contributed by atoms with E-state index in [-0.39, 0.29) is 17.5 Å². The zero-order valence-corrected chi connectivity index (χ0v) is 13.1. The van der Waals surface area contributed by atoms with Gasteiger partial charge in [0.05, 0.1) is 5.75 Å². The molecule has 1 aromatic heterocycles. The van der Waals surface area contributed by atoms with Gasteiger partial charge in [-0.2, -0.15) is 4.98 Å². The third kappa shape index (κ3) is 2.61. The molecule has 0 amide bonds. The zero-order chi connectivity index (χ0) is 15.8.